The first-order chi connectivity index (χ1) is 21.1. The number of hydrogen-bond acceptors (Lipinski definition) is 6. The van der Waals surface area contributed by atoms with Gasteiger partial charge in [0.15, 0.2) is 6.29 Å². The van der Waals surface area contributed by atoms with Crippen LogP contribution < -0.4 is 11.1 Å². The summed E-state index contributed by atoms with van der Waals surface area (Å²) >= 11 is 0. The Morgan fingerprint density at radius 3 is 2.41 bits per heavy atom. The summed E-state index contributed by atoms with van der Waals surface area (Å²) in [5.74, 6) is -1.30. The lowest BCUT2D eigenvalue weighted by atomic mass is 10.0. The molecule has 1 aliphatic heterocycles. The minimum atomic E-state index is -0.641. The fraction of sp³-hybridized carbons (Fsp3) is 0.457. The molecule has 0 saturated carbocycles. The van der Waals surface area contributed by atoms with Gasteiger partial charge in [-0.15, -0.1) is 0 Å². The van der Waals surface area contributed by atoms with E-state index in [1.807, 2.05) is 57.1 Å². The molecule has 9 heteroatoms. The molecule has 3 aromatic carbocycles. The van der Waals surface area contributed by atoms with Crippen LogP contribution in [-0.2, 0) is 28.9 Å². The lowest BCUT2D eigenvalue weighted by Gasteiger charge is -2.24. The highest BCUT2D eigenvalue weighted by Gasteiger charge is 2.44. The van der Waals surface area contributed by atoms with E-state index in [2.05, 4.69) is 35.3 Å². The van der Waals surface area contributed by atoms with Crippen molar-refractivity contribution in [1.29, 1.82) is 0 Å². The van der Waals surface area contributed by atoms with Gasteiger partial charge in [0.25, 0.3) is 5.91 Å². The lowest BCUT2D eigenvalue weighted by Crippen LogP contribution is -2.45. The zero-order chi connectivity index (χ0) is 31.8. The highest BCUT2D eigenvalue weighted by atomic mass is 19.1. The van der Waals surface area contributed by atoms with E-state index < -0.39 is 30.1 Å². The molecule has 44 heavy (non-hydrogen) atoms. The number of carbonyl (C=O) groups is 1. The molecule has 0 bridgehead atoms. The lowest BCUT2D eigenvalue weighted by molar-refractivity contribution is -0.0229. The van der Waals surface area contributed by atoms with Crippen molar-refractivity contribution in [2.75, 3.05) is 40.3 Å². The second kappa shape index (κ2) is 15.7. The Balaban J connectivity index is 1.46. The number of epoxide rings is 1. The number of ether oxygens (including phenoxy) is 2. The molecule has 3 N–H and O–H groups in total. The molecule has 0 aromatic heterocycles. The van der Waals surface area contributed by atoms with Gasteiger partial charge in [-0.05, 0) is 92.9 Å². The standard InChI is InChI=1S/C35H46F2N4O3/c1-6-24-9-8-10-25(15-24)21-39-22-32(31(38)18-26-16-29(36)20-30(37)17-26)43-35-33(44-35)27-13-23(3)14-28(19-27)34(42)41(7-2)12-11-40(4)5/h8-10,13-17,19-20,31-33,35,39H,6-7,11-12,18,21-22,38H2,1-5H3/t31-,32+,33?,35?/m0/s1. The summed E-state index contributed by atoms with van der Waals surface area (Å²) in [6.07, 6.45) is -0.221. The van der Waals surface area contributed by atoms with E-state index >= 15 is 0 Å². The fourth-order valence-electron chi connectivity index (χ4n) is 5.37. The van der Waals surface area contributed by atoms with Crippen molar-refractivity contribution in [3.63, 3.8) is 0 Å². The van der Waals surface area contributed by atoms with E-state index in [1.165, 1.54) is 17.7 Å². The predicted octanol–water partition coefficient (Wildman–Crippen LogP) is 5.00. The van der Waals surface area contributed by atoms with Crippen LogP contribution in [0, 0.1) is 18.6 Å². The maximum absolute atomic E-state index is 13.9. The number of amides is 1. The molecule has 4 atom stereocenters. The summed E-state index contributed by atoms with van der Waals surface area (Å²) in [5.41, 5.74) is 11.9. The Labute approximate surface area is 260 Å². The molecule has 1 aliphatic rings. The maximum Gasteiger partial charge on any atom is 0.253 e. The van der Waals surface area contributed by atoms with Crippen molar-refractivity contribution >= 4 is 5.91 Å². The number of benzene rings is 3. The van der Waals surface area contributed by atoms with Crippen molar-refractivity contribution < 1.29 is 23.0 Å². The molecule has 4 rings (SSSR count). The SMILES string of the molecule is CCc1cccc(CNC[C@@H](OC2OC2c2cc(C)cc(C(=O)N(CC)CCN(C)C)c2)[C@@H](N)Cc2cc(F)cc(F)c2)c1. The first-order valence-electron chi connectivity index (χ1n) is 15.4. The van der Waals surface area contributed by atoms with Crippen LogP contribution in [0.2, 0.25) is 0 Å². The van der Waals surface area contributed by atoms with Crippen molar-refractivity contribution in [2.24, 2.45) is 5.73 Å². The van der Waals surface area contributed by atoms with Gasteiger partial charge in [-0.3, -0.25) is 4.79 Å². The van der Waals surface area contributed by atoms with E-state index in [-0.39, 0.29) is 18.4 Å². The molecule has 238 valence electrons. The number of nitrogens with zero attached hydrogens (tertiary/aromatic N) is 2. The monoisotopic (exact) mass is 608 g/mol. The van der Waals surface area contributed by atoms with Crippen LogP contribution in [0.3, 0.4) is 0 Å². The van der Waals surface area contributed by atoms with Crippen molar-refractivity contribution in [1.82, 2.24) is 15.1 Å². The summed E-state index contributed by atoms with van der Waals surface area (Å²) in [7, 11) is 3.98. The molecule has 1 heterocycles. The third-order valence-electron chi connectivity index (χ3n) is 7.87. The zero-order valence-corrected chi connectivity index (χ0v) is 26.5. The fourth-order valence-corrected chi connectivity index (χ4v) is 5.37. The Kier molecular flexibility index (Phi) is 12.0. The minimum absolute atomic E-state index is 0.0176. The Morgan fingerprint density at radius 2 is 1.73 bits per heavy atom. The van der Waals surface area contributed by atoms with Gasteiger partial charge in [0.05, 0.1) is 6.10 Å². The molecule has 2 unspecified atom stereocenters. The second-order valence-electron chi connectivity index (χ2n) is 11.9. The molecular formula is C35H46F2N4O3. The molecule has 0 aliphatic carbocycles. The molecule has 1 saturated heterocycles. The summed E-state index contributed by atoms with van der Waals surface area (Å²) in [4.78, 5) is 17.2. The van der Waals surface area contributed by atoms with Gasteiger partial charge in [-0.2, -0.15) is 0 Å². The van der Waals surface area contributed by atoms with Crippen LogP contribution in [0.1, 0.15) is 58.1 Å². The molecule has 1 fully saturated rings. The third kappa shape index (κ3) is 9.64. The van der Waals surface area contributed by atoms with E-state index in [0.717, 1.165) is 35.7 Å². The van der Waals surface area contributed by atoms with Crippen LogP contribution in [0.5, 0.6) is 0 Å². The van der Waals surface area contributed by atoms with E-state index in [1.54, 1.807) is 0 Å². The van der Waals surface area contributed by atoms with Crippen LogP contribution in [0.4, 0.5) is 8.78 Å². The summed E-state index contributed by atoms with van der Waals surface area (Å²) in [5, 5.41) is 3.44. The second-order valence-corrected chi connectivity index (χ2v) is 11.9. The van der Waals surface area contributed by atoms with Crippen molar-refractivity contribution in [3.8, 4) is 0 Å². The quantitative estimate of drug-likeness (QED) is 0.223. The summed E-state index contributed by atoms with van der Waals surface area (Å²) in [6.45, 7) is 9.13. The van der Waals surface area contributed by atoms with Crippen LogP contribution in [0.15, 0.2) is 60.7 Å². The third-order valence-corrected chi connectivity index (χ3v) is 7.87. The average molecular weight is 609 g/mol. The molecule has 0 spiro atoms. The number of likely N-dealkylation sites (N-methyl/N-ethyl adjacent to an activating group) is 2. The number of nitrogens with one attached hydrogen (secondary N) is 1. The van der Waals surface area contributed by atoms with Crippen LogP contribution >= 0.6 is 0 Å². The first kappa shape index (κ1) is 33.7. The average Bonchev–Trinajstić information content (AvgIpc) is 3.75. The van der Waals surface area contributed by atoms with Gasteiger partial charge in [-0.1, -0.05) is 37.3 Å². The minimum Gasteiger partial charge on any atom is -0.343 e. The highest BCUT2D eigenvalue weighted by molar-refractivity contribution is 5.94. The number of hydrogen-bond donors (Lipinski definition) is 2. The largest absolute Gasteiger partial charge is 0.343 e. The van der Waals surface area contributed by atoms with Crippen molar-refractivity contribution in [2.45, 2.75) is 64.7 Å². The number of aryl methyl sites for hydroxylation is 2. The number of carbonyl (C=O) groups excluding carboxylic acids is 1. The smallest absolute Gasteiger partial charge is 0.253 e. The molecule has 3 aromatic rings. The maximum atomic E-state index is 13.9. The van der Waals surface area contributed by atoms with Gasteiger partial charge in [0.2, 0.25) is 0 Å². The van der Waals surface area contributed by atoms with E-state index in [0.29, 0.717) is 37.3 Å². The van der Waals surface area contributed by atoms with Crippen LogP contribution in [0.25, 0.3) is 0 Å². The molecule has 1 amide bonds. The normalized spacial score (nSPS) is 17.5. The van der Waals surface area contributed by atoms with E-state index in [9.17, 15) is 13.6 Å². The van der Waals surface area contributed by atoms with Crippen LogP contribution in [-0.4, -0.2) is 74.4 Å². The molecule has 0 radical (unpaired) electrons. The van der Waals surface area contributed by atoms with Gasteiger partial charge in [-0.25, -0.2) is 8.78 Å². The molecular weight excluding hydrogens is 562 g/mol. The number of halogens is 2. The van der Waals surface area contributed by atoms with Gasteiger partial charge >= 0.3 is 0 Å². The summed E-state index contributed by atoms with van der Waals surface area (Å²) in [6, 6.07) is 17.0. The first-order valence-corrected chi connectivity index (χ1v) is 15.4. The topological polar surface area (TPSA) is 83.4 Å². The Hall–Kier alpha value is -3.21. The van der Waals surface area contributed by atoms with E-state index in [4.69, 9.17) is 15.2 Å². The van der Waals surface area contributed by atoms with Crippen molar-refractivity contribution in [3.05, 3.63) is 106 Å². The van der Waals surface area contributed by atoms with Gasteiger partial charge in [0.1, 0.15) is 17.7 Å². The Bertz CT molecular complexity index is 1380. The number of rotatable bonds is 16. The van der Waals surface area contributed by atoms with Gasteiger partial charge in [0, 0.05) is 50.4 Å². The predicted molar refractivity (Wildman–Crippen MR) is 169 cm³/mol. The Morgan fingerprint density at radius 1 is 1.00 bits per heavy atom. The highest BCUT2D eigenvalue weighted by Crippen LogP contribution is 2.41. The summed E-state index contributed by atoms with van der Waals surface area (Å²) < 4.78 is 40.1. The van der Waals surface area contributed by atoms with Gasteiger partial charge < -0.3 is 30.3 Å². The molecule has 7 nitrogen and oxygen atoms in total. The zero-order valence-electron chi connectivity index (χ0n) is 26.5. The number of nitrogens with two attached hydrogens (primary N) is 1.